The van der Waals surface area contributed by atoms with E-state index in [1.807, 2.05) is 26.8 Å². The summed E-state index contributed by atoms with van der Waals surface area (Å²) in [4.78, 5) is 0. The van der Waals surface area contributed by atoms with Gasteiger partial charge in [0.15, 0.2) is 5.75 Å². The summed E-state index contributed by atoms with van der Waals surface area (Å²) >= 11 is 0. The molecule has 0 saturated carbocycles. The Morgan fingerprint density at radius 2 is 1.70 bits per heavy atom. The van der Waals surface area contributed by atoms with Crippen molar-refractivity contribution in [2.75, 3.05) is 0 Å². The Morgan fingerprint density at radius 3 is 2.20 bits per heavy atom. The van der Waals surface area contributed by atoms with Gasteiger partial charge in [-0.2, -0.15) is 0 Å². The first-order chi connectivity index (χ1) is 4.61. The van der Waals surface area contributed by atoms with Gasteiger partial charge >= 0.3 is 0 Å². The summed E-state index contributed by atoms with van der Waals surface area (Å²) < 4.78 is 0. The molecule has 10 heavy (non-hydrogen) atoms. The summed E-state index contributed by atoms with van der Waals surface area (Å²) in [5, 5.41) is 11.1. The van der Waals surface area contributed by atoms with Crippen molar-refractivity contribution in [3.63, 3.8) is 0 Å². The molecule has 0 heterocycles. The molecule has 0 amide bonds. The third-order valence-electron chi connectivity index (χ3n) is 1.76. The van der Waals surface area contributed by atoms with E-state index >= 15 is 0 Å². The van der Waals surface area contributed by atoms with Gasteiger partial charge in [-0.15, -0.1) is 0 Å². The molecular formula is C9H11O. The number of hydrogen-bond donors (Lipinski definition) is 0. The second-order valence-electron chi connectivity index (χ2n) is 2.70. The lowest BCUT2D eigenvalue weighted by molar-refractivity contribution is 0.351. The van der Waals surface area contributed by atoms with E-state index in [1.165, 1.54) is 0 Å². The number of rotatable bonds is 0. The Hall–Kier alpha value is -0.980. The normalized spacial score (nSPS) is 9.90. The van der Waals surface area contributed by atoms with Gasteiger partial charge in [-0.3, -0.25) is 5.11 Å². The fourth-order valence-electron chi connectivity index (χ4n) is 1.00. The van der Waals surface area contributed by atoms with E-state index in [2.05, 4.69) is 0 Å². The number of aryl methyl sites for hydroxylation is 2. The molecule has 1 nitrogen and oxygen atoms in total. The Labute approximate surface area is 61.3 Å². The molecular weight excluding hydrogens is 124 g/mol. The first kappa shape index (κ1) is 7.13. The average Bonchev–Trinajstić information content (AvgIpc) is 1.82. The van der Waals surface area contributed by atoms with Crippen molar-refractivity contribution in [3.8, 4) is 5.75 Å². The first-order valence-corrected chi connectivity index (χ1v) is 3.36. The molecule has 1 aromatic rings. The highest BCUT2D eigenvalue weighted by atomic mass is 16.3. The molecule has 1 aromatic carbocycles. The Balaban J connectivity index is 3.31. The van der Waals surface area contributed by atoms with Crippen molar-refractivity contribution in [1.82, 2.24) is 0 Å². The van der Waals surface area contributed by atoms with E-state index in [-0.39, 0.29) is 5.75 Å². The van der Waals surface area contributed by atoms with Crippen LogP contribution in [-0.4, -0.2) is 0 Å². The Morgan fingerprint density at radius 1 is 1.10 bits per heavy atom. The zero-order chi connectivity index (χ0) is 7.72. The molecule has 0 N–H and O–H groups in total. The van der Waals surface area contributed by atoms with Gasteiger partial charge in [-0.05, 0) is 43.5 Å². The molecule has 0 aliphatic rings. The van der Waals surface area contributed by atoms with Crippen LogP contribution in [0.2, 0.25) is 0 Å². The zero-order valence-electron chi connectivity index (χ0n) is 6.56. The van der Waals surface area contributed by atoms with Crippen molar-refractivity contribution in [2.24, 2.45) is 0 Å². The summed E-state index contributed by atoms with van der Waals surface area (Å²) in [6, 6.07) is 3.69. The minimum atomic E-state index is 0.150. The van der Waals surface area contributed by atoms with Crippen LogP contribution in [0, 0.1) is 20.8 Å². The lowest BCUT2D eigenvalue weighted by Crippen LogP contribution is -1.82. The molecule has 0 atom stereocenters. The van der Waals surface area contributed by atoms with Crippen molar-refractivity contribution in [1.29, 1.82) is 0 Å². The minimum absolute atomic E-state index is 0.150. The molecule has 0 aromatic heterocycles. The van der Waals surface area contributed by atoms with E-state index in [4.69, 9.17) is 0 Å². The van der Waals surface area contributed by atoms with E-state index in [0.29, 0.717) is 0 Å². The predicted molar refractivity (Wildman–Crippen MR) is 40.8 cm³/mol. The van der Waals surface area contributed by atoms with Crippen LogP contribution < -0.4 is 0 Å². The van der Waals surface area contributed by atoms with Crippen LogP contribution in [0.4, 0.5) is 0 Å². The number of benzene rings is 1. The second kappa shape index (κ2) is 2.33. The van der Waals surface area contributed by atoms with E-state index in [0.717, 1.165) is 16.7 Å². The maximum absolute atomic E-state index is 11.1. The Bertz CT molecular complexity index is 228. The maximum atomic E-state index is 11.1. The maximum Gasteiger partial charge on any atom is 0.182 e. The molecule has 1 radical (unpaired) electrons. The molecule has 0 unspecified atom stereocenters. The molecule has 0 spiro atoms. The van der Waals surface area contributed by atoms with Gasteiger partial charge in [-0.25, -0.2) is 0 Å². The van der Waals surface area contributed by atoms with Crippen LogP contribution in [0.15, 0.2) is 12.1 Å². The highest BCUT2D eigenvalue weighted by Gasteiger charge is 2.00. The van der Waals surface area contributed by atoms with Crippen LogP contribution in [0.25, 0.3) is 0 Å². The average molecular weight is 135 g/mol. The predicted octanol–water partition coefficient (Wildman–Crippen LogP) is 2.76. The zero-order valence-corrected chi connectivity index (χ0v) is 6.56. The van der Waals surface area contributed by atoms with Crippen LogP contribution in [0.3, 0.4) is 0 Å². The third-order valence-corrected chi connectivity index (χ3v) is 1.76. The molecule has 0 bridgehead atoms. The van der Waals surface area contributed by atoms with E-state index in [1.54, 1.807) is 6.07 Å². The topological polar surface area (TPSA) is 19.9 Å². The smallest absolute Gasteiger partial charge is 0.182 e. The summed E-state index contributed by atoms with van der Waals surface area (Å²) in [7, 11) is 0. The second-order valence-corrected chi connectivity index (χ2v) is 2.70. The highest BCUT2D eigenvalue weighted by molar-refractivity contribution is 5.40. The van der Waals surface area contributed by atoms with Crippen LogP contribution in [0.1, 0.15) is 16.7 Å². The molecule has 0 aliphatic heterocycles. The lowest BCUT2D eigenvalue weighted by atomic mass is 10.1. The van der Waals surface area contributed by atoms with Gasteiger partial charge in [0.1, 0.15) is 0 Å². The Kier molecular flexibility index (Phi) is 1.66. The van der Waals surface area contributed by atoms with Crippen molar-refractivity contribution >= 4 is 0 Å². The van der Waals surface area contributed by atoms with Gasteiger partial charge in [0.2, 0.25) is 0 Å². The van der Waals surface area contributed by atoms with Crippen LogP contribution in [0.5, 0.6) is 5.75 Å². The third kappa shape index (κ3) is 1.13. The SMILES string of the molecule is Cc1cc(C)c(C)c([O])c1. The molecule has 1 heteroatoms. The first-order valence-electron chi connectivity index (χ1n) is 3.36. The summed E-state index contributed by atoms with van der Waals surface area (Å²) in [5.74, 6) is 0.150. The van der Waals surface area contributed by atoms with Crippen molar-refractivity contribution in [3.05, 3.63) is 28.8 Å². The summed E-state index contributed by atoms with van der Waals surface area (Å²) in [6.45, 7) is 5.76. The van der Waals surface area contributed by atoms with Gasteiger partial charge in [-0.1, -0.05) is 6.07 Å². The standard InChI is InChI=1S/C9H11O/c1-6-4-7(2)8(3)9(10)5-6/h4-5H,1-3H3. The van der Waals surface area contributed by atoms with E-state index in [9.17, 15) is 5.11 Å². The van der Waals surface area contributed by atoms with Gasteiger partial charge in [0.05, 0.1) is 0 Å². The lowest BCUT2D eigenvalue weighted by Gasteiger charge is -2.00. The minimum Gasteiger partial charge on any atom is -0.290 e. The molecule has 53 valence electrons. The quantitative estimate of drug-likeness (QED) is 0.521. The van der Waals surface area contributed by atoms with E-state index < -0.39 is 0 Å². The fourth-order valence-corrected chi connectivity index (χ4v) is 1.00. The molecule has 0 aliphatic carbocycles. The highest BCUT2D eigenvalue weighted by Crippen LogP contribution is 2.21. The van der Waals surface area contributed by atoms with Crippen molar-refractivity contribution < 1.29 is 5.11 Å². The monoisotopic (exact) mass is 135 g/mol. The molecule has 1 rings (SSSR count). The summed E-state index contributed by atoms with van der Waals surface area (Å²) in [6.07, 6.45) is 0. The van der Waals surface area contributed by atoms with Gasteiger partial charge in [0, 0.05) is 0 Å². The fraction of sp³-hybridized carbons (Fsp3) is 0.333. The van der Waals surface area contributed by atoms with Gasteiger partial charge in [0.25, 0.3) is 0 Å². The van der Waals surface area contributed by atoms with Crippen molar-refractivity contribution in [2.45, 2.75) is 20.8 Å². The largest absolute Gasteiger partial charge is 0.290 e. The molecule has 0 fully saturated rings. The van der Waals surface area contributed by atoms with Crippen LogP contribution >= 0.6 is 0 Å². The number of hydrogen-bond acceptors (Lipinski definition) is 0. The van der Waals surface area contributed by atoms with Crippen LogP contribution in [-0.2, 0) is 5.11 Å². The molecule has 0 saturated heterocycles. The summed E-state index contributed by atoms with van der Waals surface area (Å²) in [5.41, 5.74) is 3.00. The van der Waals surface area contributed by atoms with Gasteiger partial charge < -0.3 is 0 Å².